The summed E-state index contributed by atoms with van der Waals surface area (Å²) < 4.78 is 26.2. The van der Waals surface area contributed by atoms with Crippen molar-refractivity contribution in [2.45, 2.75) is 89.1 Å². The van der Waals surface area contributed by atoms with Gasteiger partial charge >= 0.3 is 0 Å². The van der Waals surface area contributed by atoms with E-state index >= 15 is 0 Å². The first kappa shape index (κ1) is 21.2. The topological polar surface area (TPSA) is 70.6 Å². The second kappa shape index (κ2) is 9.02. The quantitative estimate of drug-likeness (QED) is 0.644. The lowest BCUT2D eigenvalue weighted by atomic mass is 9.94. The van der Waals surface area contributed by atoms with E-state index < -0.39 is 10.0 Å². The van der Waals surface area contributed by atoms with Crippen molar-refractivity contribution in [1.82, 2.24) is 14.2 Å². The van der Waals surface area contributed by atoms with E-state index in [1.807, 2.05) is 12.3 Å². The van der Waals surface area contributed by atoms with E-state index in [-0.39, 0.29) is 17.6 Å². The molecule has 3 aliphatic rings. The highest BCUT2D eigenvalue weighted by molar-refractivity contribution is 7.89. The van der Waals surface area contributed by atoms with Crippen LogP contribution in [0.25, 0.3) is 0 Å². The monoisotopic (exact) mass is 439 g/mol. The maximum atomic E-state index is 13.3. The Morgan fingerprint density at radius 3 is 2.38 bits per heavy atom. The SMILES string of the molecule is CCCS(=O)(=O)N1CCC(c2nc(C(=O)N(C3CCCCC3)C3CC3)cs2)CC1. The van der Waals surface area contributed by atoms with Crippen molar-refractivity contribution in [3.63, 3.8) is 0 Å². The molecule has 3 fully saturated rings. The summed E-state index contributed by atoms with van der Waals surface area (Å²) in [6.07, 6.45) is 10.5. The number of piperidine rings is 1. The average Bonchev–Trinajstić information content (AvgIpc) is 3.43. The number of rotatable bonds is 7. The fourth-order valence-electron chi connectivity index (χ4n) is 4.82. The van der Waals surface area contributed by atoms with E-state index in [0.717, 1.165) is 43.5 Å². The summed E-state index contributed by atoms with van der Waals surface area (Å²) >= 11 is 1.57. The van der Waals surface area contributed by atoms with Crippen molar-refractivity contribution in [2.24, 2.45) is 0 Å². The van der Waals surface area contributed by atoms with Crippen LogP contribution in [0.2, 0.25) is 0 Å². The van der Waals surface area contributed by atoms with Gasteiger partial charge in [-0.05, 0) is 44.9 Å². The van der Waals surface area contributed by atoms with Crippen molar-refractivity contribution >= 4 is 27.3 Å². The Hall–Kier alpha value is -0.990. The van der Waals surface area contributed by atoms with Crippen LogP contribution in [0, 0.1) is 0 Å². The van der Waals surface area contributed by atoms with Crippen molar-refractivity contribution in [3.05, 3.63) is 16.1 Å². The zero-order valence-corrected chi connectivity index (χ0v) is 19.0. The van der Waals surface area contributed by atoms with Crippen LogP contribution in [0.4, 0.5) is 0 Å². The van der Waals surface area contributed by atoms with Gasteiger partial charge in [-0.3, -0.25) is 4.79 Å². The minimum Gasteiger partial charge on any atom is -0.331 e. The van der Waals surface area contributed by atoms with Crippen molar-refractivity contribution < 1.29 is 13.2 Å². The van der Waals surface area contributed by atoms with E-state index in [9.17, 15) is 13.2 Å². The number of sulfonamides is 1. The van der Waals surface area contributed by atoms with Crippen LogP contribution >= 0.6 is 11.3 Å². The summed E-state index contributed by atoms with van der Waals surface area (Å²) in [5.74, 6) is 0.606. The molecule has 0 aromatic carbocycles. The molecule has 2 heterocycles. The molecule has 1 aromatic heterocycles. The summed E-state index contributed by atoms with van der Waals surface area (Å²) in [6.45, 7) is 3.02. The summed E-state index contributed by atoms with van der Waals surface area (Å²) in [5.41, 5.74) is 0.600. The van der Waals surface area contributed by atoms with Crippen LogP contribution in [0.15, 0.2) is 5.38 Å². The molecule has 1 amide bonds. The highest BCUT2D eigenvalue weighted by Crippen LogP contribution is 2.36. The van der Waals surface area contributed by atoms with Crippen molar-refractivity contribution in [1.29, 1.82) is 0 Å². The lowest BCUT2D eigenvalue weighted by molar-refractivity contribution is 0.0608. The zero-order valence-electron chi connectivity index (χ0n) is 17.4. The van der Waals surface area contributed by atoms with Gasteiger partial charge in [0.2, 0.25) is 10.0 Å². The van der Waals surface area contributed by atoms with Crippen molar-refractivity contribution in [2.75, 3.05) is 18.8 Å². The predicted molar refractivity (Wildman–Crippen MR) is 116 cm³/mol. The summed E-state index contributed by atoms with van der Waals surface area (Å²) in [7, 11) is -3.12. The maximum absolute atomic E-state index is 13.3. The average molecular weight is 440 g/mol. The number of carbonyl (C=O) groups is 1. The Labute approximate surface area is 178 Å². The van der Waals surface area contributed by atoms with Gasteiger partial charge in [0.15, 0.2) is 0 Å². The highest BCUT2D eigenvalue weighted by Gasteiger charge is 2.39. The molecular formula is C21H33N3O3S2. The first-order valence-electron chi connectivity index (χ1n) is 11.3. The molecular weight excluding hydrogens is 406 g/mol. The molecule has 0 bridgehead atoms. The van der Waals surface area contributed by atoms with E-state index in [1.165, 1.54) is 19.3 Å². The van der Waals surface area contributed by atoms with Gasteiger partial charge in [0.25, 0.3) is 5.91 Å². The van der Waals surface area contributed by atoms with Gasteiger partial charge in [0.05, 0.1) is 10.8 Å². The zero-order chi connectivity index (χ0) is 20.4. The molecule has 0 unspecified atom stereocenters. The van der Waals surface area contributed by atoms with Crippen LogP contribution in [-0.2, 0) is 10.0 Å². The third-order valence-electron chi connectivity index (χ3n) is 6.54. The second-order valence-corrected chi connectivity index (χ2v) is 11.8. The Morgan fingerprint density at radius 2 is 1.76 bits per heavy atom. The number of hydrogen-bond acceptors (Lipinski definition) is 5. The molecule has 0 N–H and O–H groups in total. The molecule has 29 heavy (non-hydrogen) atoms. The molecule has 0 atom stereocenters. The number of carbonyl (C=O) groups excluding carboxylic acids is 1. The van der Waals surface area contributed by atoms with Crippen molar-refractivity contribution in [3.8, 4) is 0 Å². The van der Waals surface area contributed by atoms with Gasteiger partial charge in [-0.15, -0.1) is 11.3 Å². The molecule has 1 aromatic rings. The molecule has 1 saturated heterocycles. The van der Waals surface area contributed by atoms with Crippen LogP contribution in [0.5, 0.6) is 0 Å². The molecule has 8 heteroatoms. The van der Waals surface area contributed by atoms with E-state index in [1.54, 1.807) is 15.6 Å². The minimum atomic E-state index is -3.12. The first-order chi connectivity index (χ1) is 14.0. The Kier molecular flexibility index (Phi) is 6.61. The highest BCUT2D eigenvalue weighted by atomic mass is 32.2. The summed E-state index contributed by atoms with van der Waals surface area (Å²) in [4.78, 5) is 20.2. The van der Waals surface area contributed by atoms with Gasteiger partial charge in [-0.25, -0.2) is 17.7 Å². The van der Waals surface area contributed by atoms with Gasteiger partial charge in [0, 0.05) is 36.5 Å². The summed E-state index contributed by atoms with van der Waals surface area (Å²) in [5, 5.41) is 2.93. The molecule has 0 spiro atoms. The maximum Gasteiger partial charge on any atom is 0.273 e. The lowest BCUT2D eigenvalue weighted by Gasteiger charge is -2.34. The third kappa shape index (κ3) is 4.85. The molecule has 0 radical (unpaired) electrons. The number of nitrogens with zero attached hydrogens (tertiary/aromatic N) is 3. The fraction of sp³-hybridized carbons (Fsp3) is 0.810. The normalized spacial score (nSPS) is 22.7. The lowest BCUT2D eigenvalue weighted by Crippen LogP contribution is -2.43. The third-order valence-corrected chi connectivity index (χ3v) is 9.63. The fourth-order valence-corrected chi connectivity index (χ4v) is 7.32. The summed E-state index contributed by atoms with van der Waals surface area (Å²) in [6, 6.07) is 0.809. The van der Waals surface area contributed by atoms with Crippen LogP contribution in [-0.4, -0.2) is 59.4 Å². The van der Waals surface area contributed by atoms with Crippen LogP contribution in [0.1, 0.15) is 92.5 Å². The number of amides is 1. The van der Waals surface area contributed by atoms with Gasteiger partial charge in [-0.1, -0.05) is 26.2 Å². The first-order valence-corrected chi connectivity index (χ1v) is 13.7. The van der Waals surface area contributed by atoms with Crippen LogP contribution < -0.4 is 0 Å². The van der Waals surface area contributed by atoms with Crippen LogP contribution in [0.3, 0.4) is 0 Å². The molecule has 2 saturated carbocycles. The Morgan fingerprint density at radius 1 is 1.10 bits per heavy atom. The molecule has 1 aliphatic heterocycles. The molecule has 162 valence electrons. The van der Waals surface area contributed by atoms with Gasteiger partial charge < -0.3 is 4.90 Å². The number of aromatic nitrogens is 1. The minimum absolute atomic E-state index is 0.116. The van der Waals surface area contributed by atoms with E-state index in [2.05, 4.69) is 4.90 Å². The Balaban J connectivity index is 1.40. The molecule has 4 rings (SSSR count). The smallest absolute Gasteiger partial charge is 0.273 e. The van der Waals surface area contributed by atoms with Gasteiger partial charge in [-0.2, -0.15) is 0 Å². The molecule has 6 nitrogen and oxygen atoms in total. The standard InChI is InChI=1S/C21H33N3O3S2/c1-2-14-29(26,27)23-12-10-16(11-13-23)20-22-19(15-28-20)21(25)24(18-8-9-18)17-6-4-3-5-7-17/h15-18H,2-14H2,1H3. The van der Waals surface area contributed by atoms with E-state index in [0.29, 0.717) is 37.3 Å². The largest absolute Gasteiger partial charge is 0.331 e. The molecule has 2 aliphatic carbocycles. The number of hydrogen-bond donors (Lipinski definition) is 0. The van der Waals surface area contributed by atoms with Gasteiger partial charge in [0.1, 0.15) is 5.69 Å². The Bertz CT molecular complexity index is 805. The second-order valence-electron chi connectivity index (χ2n) is 8.80. The van der Waals surface area contributed by atoms with E-state index in [4.69, 9.17) is 4.98 Å². The number of thiazole rings is 1. The predicted octanol–water partition coefficient (Wildman–Crippen LogP) is 4.00.